The van der Waals surface area contributed by atoms with Crippen LogP contribution in [0.1, 0.15) is 105 Å². The minimum Gasteiger partial charge on any atom is -0.446 e. The van der Waals surface area contributed by atoms with Crippen molar-refractivity contribution in [3.8, 4) is 0 Å². The van der Waals surface area contributed by atoms with E-state index < -0.39 is 0 Å². The summed E-state index contributed by atoms with van der Waals surface area (Å²) in [6.45, 7) is 15.1. The second-order valence-electron chi connectivity index (χ2n) is 17.7. The van der Waals surface area contributed by atoms with E-state index in [9.17, 15) is 9.59 Å². The molecule has 8 nitrogen and oxygen atoms in total. The molecule has 8 rings (SSSR count). The van der Waals surface area contributed by atoms with E-state index in [1.807, 2.05) is 4.90 Å². The third-order valence-electron chi connectivity index (χ3n) is 15.3. The molecule has 8 fully saturated rings. The van der Waals surface area contributed by atoms with Crippen molar-refractivity contribution in [1.82, 2.24) is 15.5 Å². The number of amides is 2. The topological polar surface area (TPSA) is 89.1 Å². The molecule has 0 aromatic rings. The van der Waals surface area contributed by atoms with Gasteiger partial charge in [0, 0.05) is 31.6 Å². The molecule has 5 aliphatic carbocycles. The van der Waals surface area contributed by atoms with E-state index in [2.05, 4.69) is 45.3 Å². The molecular weight excluding hydrogens is 554 g/mol. The van der Waals surface area contributed by atoms with Crippen molar-refractivity contribution in [1.29, 1.82) is 0 Å². The first kappa shape index (κ1) is 29.8. The van der Waals surface area contributed by atoms with Gasteiger partial charge in [-0.3, -0.25) is 0 Å². The molecular formula is C36H57N3O5. The van der Waals surface area contributed by atoms with Gasteiger partial charge in [-0.2, -0.15) is 0 Å². The summed E-state index contributed by atoms with van der Waals surface area (Å²) in [6.07, 6.45) is 13.1. The van der Waals surface area contributed by atoms with Crippen LogP contribution < -0.4 is 10.6 Å². The number of rotatable bonds is 5. The Morgan fingerprint density at radius 2 is 1.70 bits per heavy atom. The predicted molar refractivity (Wildman–Crippen MR) is 167 cm³/mol. The van der Waals surface area contributed by atoms with Crippen LogP contribution in [0, 0.1) is 51.2 Å². The first-order valence-electron chi connectivity index (χ1n) is 18.3. The molecule has 0 aromatic heterocycles. The first-order chi connectivity index (χ1) is 21.0. The molecule has 3 aliphatic heterocycles. The van der Waals surface area contributed by atoms with Crippen molar-refractivity contribution in [2.24, 2.45) is 51.2 Å². The average molecular weight is 612 g/mol. The number of carbonyl (C=O) groups is 2. The summed E-state index contributed by atoms with van der Waals surface area (Å²) >= 11 is 0. The van der Waals surface area contributed by atoms with Crippen LogP contribution >= 0.6 is 0 Å². The number of carbonyl (C=O) groups excluding carboxylic acids is 2. The van der Waals surface area contributed by atoms with E-state index in [0.717, 1.165) is 57.3 Å². The summed E-state index contributed by atoms with van der Waals surface area (Å²) in [7, 11) is 0. The third kappa shape index (κ3) is 4.20. The number of hydrogen-bond acceptors (Lipinski definition) is 6. The smallest absolute Gasteiger partial charge is 0.410 e. The van der Waals surface area contributed by atoms with Gasteiger partial charge in [0.15, 0.2) is 0 Å². The maximum atomic E-state index is 12.8. The van der Waals surface area contributed by atoms with Crippen LogP contribution in [-0.4, -0.2) is 73.7 Å². The summed E-state index contributed by atoms with van der Waals surface area (Å²) in [5.41, 5.74) is 1.26. The average Bonchev–Trinajstić information content (AvgIpc) is 3.50. The number of nitrogens with one attached hydrogen (secondary N) is 2. The van der Waals surface area contributed by atoms with Gasteiger partial charge in [0.05, 0.1) is 18.2 Å². The van der Waals surface area contributed by atoms with Crippen molar-refractivity contribution < 1.29 is 23.8 Å². The molecule has 0 radical (unpaired) electrons. The second-order valence-corrected chi connectivity index (χ2v) is 17.7. The van der Waals surface area contributed by atoms with Crippen LogP contribution in [0.15, 0.2) is 0 Å². The van der Waals surface area contributed by atoms with E-state index >= 15 is 0 Å². The Labute approximate surface area is 264 Å². The van der Waals surface area contributed by atoms with Crippen LogP contribution in [0.2, 0.25) is 0 Å². The lowest BCUT2D eigenvalue weighted by Gasteiger charge is -2.59. The van der Waals surface area contributed by atoms with Gasteiger partial charge in [-0.15, -0.1) is 0 Å². The fraction of sp³-hybridized carbons (Fsp3) is 0.944. The number of alkyl carbamates (subject to hydrolysis) is 1. The number of nitrogens with zero attached hydrogens (tertiary/aromatic N) is 1. The molecule has 0 aromatic carbocycles. The molecule has 0 bridgehead atoms. The molecule has 8 aliphatic rings. The molecule has 5 saturated carbocycles. The number of likely N-dealkylation sites (tertiary alicyclic amines) is 1. The Bertz CT molecular complexity index is 1170. The highest BCUT2D eigenvalue weighted by Crippen LogP contribution is 2.87. The number of fused-ring (bicyclic) bond motifs is 4. The van der Waals surface area contributed by atoms with Gasteiger partial charge in [-0.1, -0.05) is 34.6 Å². The zero-order valence-electron chi connectivity index (χ0n) is 27.9. The summed E-state index contributed by atoms with van der Waals surface area (Å²) in [5.74, 6) is 3.01. The molecule has 2 spiro atoms. The maximum Gasteiger partial charge on any atom is 0.410 e. The van der Waals surface area contributed by atoms with Gasteiger partial charge in [0.2, 0.25) is 0 Å². The summed E-state index contributed by atoms with van der Waals surface area (Å²) < 4.78 is 19.3. The zero-order valence-corrected chi connectivity index (χ0v) is 27.9. The van der Waals surface area contributed by atoms with E-state index in [4.69, 9.17) is 14.2 Å². The van der Waals surface area contributed by atoms with Crippen LogP contribution in [0.25, 0.3) is 0 Å². The summed E-state index contributed by atoms with van der Waals surface area (Å²) in [4.78, 5) is 27.4. The quantitative estimate of drug-likeness (QED) is 0.389. The molecule has 2 amide bonds. The van der Waals surface area contributed by atoms with Crippen molar-refractivity contribution in [2.45, 2.75) is 136 Å². The monoisotopic (exact) mass is 611 g/mol. The van der Waals surface area contributed by atoms with Crippen molar-refractivity contribution >= 4 is 12.2 Å². The van der Waals surface area contributed by atoms with E-state index in [1.54, 1.807) is 0 Å². The Kier molecular flexibility index (Phi) is 6.94. The first-order valence-corrected chi connectivity index (χ1v) is 18.3. The van der Waals surface area contributed by atoms with Gasteiger partial charge >= 0.3 is 12.2 Å². The lowest BCUT2D eigenvalue weighted by molar-refractivity contribution is -0.151. The summed E-state index contributed by atoms with van der Waals surface area (Å²) in [6, 6.07) is 0.213. The SMILES string of the molecule is CC(C)[C@@H](OC(=O)N1CCC1)C1CCC2C(CC3C4CCC5C(C)(C)[C@@H](OC(=O)NC6CNC6)CC[C@@]56C[C@@]46CCC23C)O1. The van der Waals surface area contributed by atoms with Crippen LogP contribution in [0.3, 0.4) is 0 Å². The Hall–Kier alpha value is -1.54. The van der Waals surface area contributed by atoms with Crippen molar-refractivity contribution in [2.75, 3.05) is 26.2 Å². The van der Waals surface area contributed by atoms with Crippen molar-refractivity contribution in [3.63, 3.8) is 0 Å². The summed E-state index contributed by atoms with van der Waals surface area (Å²) in [5, 5.41) is 6.29. The second kappa shape index (κ2) is 10.2. The molecule has 246 valence electrons. The van der Waals surface area contributed by atoms with Gasteiger partial charge in [0.1, 0.15) is 12.2 Å². The van der Waals surface area contributed by atoms with Crippen molar-refractivity contribution in [3.05, 3.63) is 0 Å². The van der Waals surface area contributed by atoms with E-state index in [0.29, 0.717) is 34.2 Å². The predicted octanol–water partition coefficient (Wildman–Crippen LogP) is 6.13. The van der Waals surface area contributed by atoms with Crippen LogP contribution in [0.4, 0.5) is 9.59 Å². The lowest BCUT2D eigenvalue weighted by Crippen LogP contribution is -2.59. The minimum absolute atomic E-state index is 0.00186. The molecule has 7 unspecified atom stereocenters. The Morgan fingerprint density at radius 1 is 0.932 bits per heavy atom. The van der Waals surface area contributed by atoms with Gasteiger partial charge in [0.25, 0.3) is 0 Å². The third-order valence-corrected chi connectivity index (χ3v) is 15.3. The zero-order chi connectivity index (χ0) is 30.6. The highest BCUT2D eigenvalue weighted by atomic mass is 16.6. The number of hydrogen-bond donors (Lipinski definition) is 2. The molecule has 44 heavy (non-hydrogen) atoms. The largest absolute Gasteiger partial charge is 0.446 e. The minimum atomic E-state index is -0.222. The Balaban J connectivity index is 0.960. The molecule has 3 saturated heterocycles. The van der Waals surface area contributed by atoms with Crippen LogP contribution in [-0.2, 0) is 14.2 Å². The van der Waals surface area contributed by atoms with Gasteiger partial charge in [-0.25, -0.2) is 9.59 Å². The van der Waals surface area contributed by atoms with E-state index in [1.165, 1.54) is 51.4 Å². The highest BCUT2D eigenvalue weighted by molar-refractivity contribution is 5.69. The normalized spacial score (nSPS) is 47.4. The highest BCUT2D eigenvalue weighted by Gasteiger charge is 2.81. The Morgan fingerprint density at radius 3 is 2.39 bits per heavy atom. The van der Waals surface area contributed by atoms with Gasteiger partial charge < -0.3 is 29.7 Å². The molecule has 8 heteroatoms. The molecule has 11 atom stereocenters. The fourth-order valence-corrected chi connectivity index (χ4v) is 12.8. The maximum absolute atomic E-state index is 12.8. The van der Waals surface area contributed by atoms with E-state index in [-0.39, 0.29) is 47.9 Å². The number of ether oxygens (including phenoxy) is 3. The van der Waals surface area contributed by atoms with Gasteiger partial charge in [-0.05, 0) is 116 Å². The lowest BCUT2D eigenvalue weighted by atomic mass is 9.46. The molecule has 2 N–H and O–H groups in total. The standard InChI is InChI=1S/C36H57N3O5/c1-21(2)30(44-32(41)39-15-6-16-39)26-9-7-24-27(42-26)17-25-23-8-10-28-33(3,4)29(43-31(40)38-22-18-37-19-22)11-12-36(28)20-35(23,36)14-13-34(24,25)5/h21-30,37H,6-20H2,1-5H3,(H,38,40)/t23?,24?,25?,26?,27?,28?,29-,30+,34?,35-,36+/m0/s1. The van der Waals surface area contributed by atoms with Crippen LogP contribution in [0.5, 0.6) is 0 Å². The fourth-order valence-electron chi connectivity index (χ4n) is 12.8. The molecule has 3 heterocycles.